The summed E-state index contributed by atoms with van der Waals surface area (Å²) in [6.45, 7) is 3.00. The molecule has 1 saturated heterocycles. The van der Waals surface area contributed by atoms with Crippen molar-refractivity contribution < 1.29 is 19.4 Å². The number of ether oxygens (including phenoxy) is 1. The Hall–Kier alpha value is -0.750. The number of hydrogen-bond acceptors (Lipinski definition) is 4. The van der Waals surface area contributed by atoms with Gasteiger partial charge in [0.2, 0.25) is 5.91 Å². The molecule has 104 valence electrons. The number of aliphatic carboxylic acids is 1. The van der Waals surface area contributed by atoms with Gasteiger partial charge in [-0.15, -0.1) is 11.8 Å². The number of carboxylic acid groups (broad SMARTS) is 1. The van der Waals surface area contributed by atoms with Gasteiger partial charge in [0, 0.05) is 19.4 Å². The highest BCUT2D eigenvalue weighted by Crippen LogP contribution is 2.33. The number of methoxy groups -OCH3 is 1. The van der Waals surface area contributed by atoms with Gasteiger partial charge in [-0.1, -0.05) is 6.92 Å². The minimum atomic E-state index is -0.973. The molecule has 1 amide bonds. The maximum absolute atomic E-state index is 12.1. The van der Waals surface area contributed by atoms with Crippen LogP contribution < -0.4 is 0 Å². The molecular weight excluding hydrogens is 254 g/mol. The van der Waals surface area contributed by atoms with Crippen LogP contribution in [0.15, 0.2) is 0 Å². The number of carbonyl (C=O) groups excluding carboxylic acids is 1. The molecule has 1 aliphatic heterocycles. The Morgan fingerprint density at radius 2 is 2.22 bits per heavy atom. The van der Waals surface area contributed by atoms with Crippen LogP contribution in [0.4, 0.5) is 0 Å². The quantitative estimate of drug-likeness (QED) is 0.708. The monoisotopic (exact) mass is 275 g/mol. The van der Waals surface area contributed by atoms with E-state index in [-0.39, 0.29) is 5.91 Å². The highest BCUT2D eigenvalue weighted by molar-refractivity contribution is 7.99. The Morgan fingerprint density at radius 1 is 1.50 bits per heavy atom. The summed E-state index contributed by atoms with van der Waals surface area (Å²) in [4.78, 5) is 25.1. The number of amides is 1. The van der Waals surface area contributed by atoms with Crippen molar-refractivity contribution in [2.45, 2.75) is 31.7 Å². The third kappa shape index (κ3) is 3.17. The minimum Gasteiger partial charge on any atom is -0.479 e. The van der Waals surface area contributed by atoms with Crippen LogP contribution in [0.3, 0.4) is 0 Å². The summed E-state index contributed by atoms with van der Waals surface area (Å²) < 4.78 is 4.91. The molecule has 0 bridgehead atoms. The molecule has 0 aromatic heterocycles. The SMILES string of the molecule is CCC1(C(=O)O)CCCN1C(=O)CSCCOC. The van der Waals surface area contributed by atoms with E-state index >= 15 is 0 Å². The van der Waals surface area contributed by atoms with Crippen molar-refractivity contribution in [3.63, 3.8) is 0 Å². The van der Waals surface area contributed by atoms with E-state index in [4.69, 9.17) is 4.74 Å². The Labute approximate surface area is 112 Å². The number of nitrogens with zero attached hydrogens (tertiary/aromatic N) is 1. The summed E-state index contributed by atoms with van der Waals surface area (Å²) in [7, 11) is 1.62. The van der Waals surface area contributed by atoms with Crippen molar-refractivity contribution >= 4 is 23.6 Å². The Balaban J connectivity index is 2.58. The average molecular weight is 275 g/mol. The van der Waals surface area contributed by atoms with Gasteiger partial charge >= 0.3 is 5.97 Å². The van der Waals surface area contributed by atoms with Crippen LogP contribution in [0.2, 0.25) is 0 Å². The van der Waals surface area contributed by atoms with E-state index in [0.29, 0.717) is 31.7 Å². The summed E-state index contributed by atoms with van der Waals surface area (Å²) in [6, 6.07) is 0. The molecular formula is C12H21NO4S. The fourth-order valence-corrected chi connectivity index (χ4v) is 3.12. The topological polar surface area (TPSA) is 66.8 Å². The van der Waals surface area contributed by atoms with E-state index in [1.807, 2.05) is 6.92 Å². The van der Waals surface area contributed by atoms with E-state index in [1.54, 1.807) is 12.0 Å². The van der Waals surface area contributed by atoms with Crippen molar-refractivity contribution in [1.82, 2.24) is 4.90 Å². The first-order valence-corrected chi connectivity index (χ1v) is 7.34. The first-order chi connectivity index (χ1) is 8.58. The Kier molecular flexibility index (Phi) is 5.95. The Bertz CT molecular complexity index is 310. The Morgan fingerprint density at radius 3 is 2.78 bits per heavy atom. The second-order valence-electron chi connectivity index (χ2n) is 4.38. The standard InChI is InChI=1S/C12H21NO4S/c1-3-12(11(15)16)5-4-6-13(12)10(14)9-18-8-7-17-2/h3-9H2,1-2H3,(H,15,16). The van der Waals surface area contributed by atoms with Gasteiger partial charge in [0.15, 0.2) is 0 Å². The van der Waals surface area contributed by atoms with Gasteiger partial charge in [-0.05, 0) is 19.3 Å². The van der Waals surface area contributed by atoms with E-state index in [9.17, 15) is 14.7 Å². The lowest BCUT2D eigenvalue weighted by atomic mass is 9.93. The summed E-state index contributed by atoms with van der Waals surface area (Å²) in [5.41, 5.74) is -0.973. The molecule has 0 radical (unpaired) electrons. The molecule has 1 aliphatic rings. The zero-order valence-corrected chi connectivity index (χ0v) is 11.8. The van der Waals surface area contributed by atoms with Crippen molar-refractivity contribution in [2.24, 2.45) is 0 Å². The minimum absolute atomic E-state index is 0.0714. The van der Waals surface area contributed by atoms with E-state index < -0.39 is 11.5 Å². The maximum atomic E-state index is 12.1. The summed E-state index contributed by atoms with van der Waals surface area (Å²) >= 11 is 1.49. The highest BCUT2D eigenvalue weighted by atomic mass is 32.2. The zero-order valence-electron chi connectivity index (χ0n) is 11.0. The van der Waals surface area contributed by atoms with Crippen LogP contribution in [0.25, 0.3) is 0 Å². The lowest BCUT2D eigenvalue weighted by Gasteiger charge is -2.33. The van der Waals surface area contributed by atoms with Crippen LogP contribution in [-0.2, 0) is 14.3 Å². The predicted octanol–water partition coefficient (Wildman–Crippen LogP) is 1.22. The second kappa shape index (κ2) is 6.99. The molecule has 6 heteroatoms. The van der Waals surface area contributed by atoms with Crippen LogP contribution in [-0.4, -0.2) is 59.2 Å². The van der Waals surface area contributed by atoms with Crippen molar-refractivity contribution in [1.29, 1.82) is 0 Å². The third-order valence-electron chi connectivity index (χ3n) is 3.43. The normalized spacial score (nSPS) is 23.3. The van der Waals surface area contributed by atoms with Gasteiger partial charge in [0.25, 0.3) is 0 Å². The first kappa shape index (κ1) is 15.3. The molecule has 5 nitrogen and oxygen atoms in total. The number of likely N-dealkylation sites (tertiary alicyclic amines) is 1. The van der Waals surface area contributed by atoms with E-state index in [1.165, 1.54) is 11.8 Å². The lowest BCUT2D eigenvalue weighted by Crippen LogP contribution is -2.53. The van der Waals surface area contributed by atoms with Crippen molar-refractivity contribution in [2.75, 3.05) is 31.8 Å². The van der Waals surface area contributed by atoms with Crippen molar-refractivity contribution in [3.05, 3.63) is 0 Å². The molecule has 0 saturated carbocycles. The fourth-order valence-electron chi connectivity index (χ4n) is 2.36. The molecule has 18 heavy (non-hydrogen) atoms. The third-order valence-corrected chi connectivity index (χ3v) is 4.34. The van der Waals surface area contributed by atoms with E-state index in [0.717, 1.165) is 12.2 Å². The molecule has 0 spiro atoms. The summed E-state index contributed by atoms with van der Waals surface area (Å²) in [6.07, 6.45) is 1.80. The van der Waals surface area contributed by atoms with Gasteiger partial charge in [-0.3, -0.25) is 4.79 Å². The van der Waals surface area contributed by atoms with Gasteiger partial charge in [-0.25, -0.2) is 4.79 Å². The molecule has 1 heterocycles. The largest absolute Gasteiger partial charge is 0.479 e. The number of rotatable bonds is 7. The first-order valence-electron chi connectivity index (χ1n) is 6.19. The second-order valence-corrected chi connectivity index (χ2v) is 5.49. The summed E-state index contributed by atoms with van der Waals surface area (Å²) in [5, 5.41) is 9.37. The number of hydrogen-bond donors (Lipinski definition) is 1. The molecule has 0 aliphatic carbocycles. The van der Waals surface area contributed by atoms with Gasteiger partial charge in [-0.2, -0.15) is 0 Å². The van der Waals surface area contributed by atoms with Crippen LogP contribution >= 0.6 is 11.8 Å². The van der Waals surface area contributed by atoms with Crippen LogP contribution in [0.5, 0.6) is 0 Å². The van der Waals surface area contributed by atoms with E-state index in [2.05, 4.69) is 0 Å². The van der Waals surface area contributed by atoms with Gasteiger partial charge in [0.05, 0.1) is 12.4 Å². The molecule has 1 N–H and O–H groups in total. The molecule has 0 aromatic carbocycles. The molecule has 1 atom stereocenters. The summed E-state index contributed by atoms with van der Waals surface area (Å²) in [5.74, 6) is 0.135. The number of thioether (sulfide) groups is 1. The maximum Gasteiger partial charge on any atom is 0.329 e. The van der Waals surface area contributed by atoms with Crippen LogP contribution in [0, 0.1) is 0 Å². The fraction of sp³-hybridized carbons (Fsp3) is 0.833. The molecule has 1 fully saturated rings. The zero-order chi connectivity index (χ0) is 13.6. The number of carbonyl (C=O) groups is 2. The predicted molar refractivity (Wildman–Crippen MR) is 70.8 cm³/mol. The molecule has 1 unspecified atom stereocenters. The lowest BCUT2D eigenvalue weighted by molar-refractivity contribution is -0.155. The highest BCUT2D eigenvalue weighted by Gasteiger charge is 2.48. The molecule has 1 rings (SSSR count). The smallest absolute Gasteiger partial charge is 0.329 e. The number of carboxylic acids is 1. The average Bonchev–Trinajstić information content (AvgIpc) is 2.79. The van der Waals surface area contributed by atoms with Gasteiger partial charge in [0.1, 0.15) is 5.54 Å². The van der Waals surface area contributed by atoms with Crippen LogP contribution in [0.1, 0.15) is 26.2 Å². The van der Waals surface area contributed by atoms with Crippen molar-refractivity contribution in [3.8, 4) is 0 Å². The van der Waals surface area contributed by atoms with Gasteiger partial charge < -0.3 is 14.7 Å². The molecule has 0 aromatic rings.